The van der Waals surface area contributed by atoms with Crippen LogP contribution in [0.2, 0.25) is 0 Å². The molecule has 2 rings (SSSR count). The summed E-state index contributed by atoms with van der Waals surface area (Å²) in [5, 5.41) is 0. The number of thioether (sulfide) groups is 1. The molecule has 1 unspecified atom stereocenters. The van der Waals surface area contributed by atoms with Crippen LogP contribution in [-0.2, 0) is 0 Å². The lowest BCUT2D eigenvalue weighted by Gasteiger charge is -2.13. The molecule has 21 heavy (non-hydrogen) atoms. The fraction of sp³-hybridized carbons (Fsp3) is 0.312. The van der Waals surface area contributed by atoms with E-state index in [1.807, 2.05) is 24.4 Å². The second kappa shape index (κ2) is 8.41. The number of rotatable bonds is 7. The highest BCUT2D eigenvalue weighted by Crippen LogP contribution is 2.25. The van der Waals surface area contributed by atoms with Crippen LogP contribution in [-0.4, -0.2) is 17.3 Å². The van der Waals surface area contributed by atoms with Crippen molar-refractivity contribution in [1.29, 1.82) is 0 Å². The number of hydrogen-bond donors (Lipinski definition) is 1. The van der Waals surface area contributed by atoms with E-state index in [0.29, 0.717) is 6.61 Å². The summed E-state index contributed by atoms with van der Waals surface area (Å²) < 4.78 is 6.68. The molecule has 0 aliphatic carbocycles. The number of nitrogens with two attached hydrogens (primary N) is 1. The third kappa shape index (κ3) is 5.34. The van der Waals surface area contributed by atoms with Gasteiger partial charge in [0.2, 0.25) is 0 Å². The van der Waals surface area contributed by atoms with Crippen molar-refractivity contribution in [3.8, 4) is 5.75 Å². The molecule has 5 heteroatoms. The van der Waals surface area contributed by atoms with Crippen LogP contribution in [0.4, 0.5) is 0 Å². The first-order chi connectivity index (χ1) is 10.2. The van der Waals surface area contributed by atoms with Gasteiger partial charge in [0.1, 0.15) is 5.75 Å². The Kier molecular flexibility index (Phi) is 6.54. The number of hydrogen-bond acceptors (Lipinski definition) is 4. The van der Waals surface area contributed by atoms with E-state index in [1.165, 1.54) is 4.90 Å². The molecule has 1 heterocycles. The molecule has 0 radical (unpaired) electrons. The van der Waals surface area contributed by atoms with E-state index in [9.17, 15) is 0 Å². The van der Waals surface area contributed by atoms with Gasteiger partial charge < -0.3 is 10.5 Å². The van der Waals surface area contributed by atoms with Gasteiger partial charge in [-0.3, -0.25) is 4.98 Å². The van der Waals surface area contributed by atoms with Gasteiger partial charge in [0.15, 0.2) is 0 Å². The van der Waals surface area contributed by atoms with Crippen molar-refractivity contribution in [3.05, 3.63) is 52.8 Å². The maximum absolute atomic E-state index is 6.24. The molecule has 0 aliphatic rings. The van der Waals surface area contributed by atoms with E-state index < -0.39 is 0 Å². The Morgan fingerprint density at radius 2 is 2.05 bits per heavy atom. The number of nitrogens with zero attached hydrogens (tertiary/aromatic N) is 1. The Balaban J connectivity index is 1.93. The summed E-state index contributed by atoms with van der Waals surface area (Å²) in [6.45, 7) is 2.78. The quantitative estimate of drug-likeness (QED) is 0.736. The van der Waals surface area contributed by atoms with Crippen molar-refractivity contribution in [2.24, 2.45) is 5.73 Å². The predicted molar refractivity (Wildman–Crippen MR) is 91.8 cm³/mol. The van der Waals surface area contributed by atoms with E-state index >= 15 is 0 Å². The Labute approximate surface area is 138 Å². The summed E-state index contributed by atoms with van der Waals surface area (Å²) >= 11 is 5.18. The number of pyridine rings is 1. The Hall–Kier alpha value is -1.04. The summed E-state index contributed by atoms with van der Waals surface area (Å²) in [5.41, 5.74) is 7.25. The molecule has 2 N–H and O–H groups in total. The minimum Gasteiger partial charge on any atom is -0.492 e. The van der Waals surface area contributed by atoms with Crippen LogP contribution in [0.1, 0.15) is 24.9 Å². The first kappa shape index (κ1) is 16.3. The van der Waals surface area contributed by atoms with Crippen molar-refractivity contribution in [3.63, 3.8) is 0 Å². The summed E-state index contributed by atoms with van der Waals surface area (Å²) in [7, 11) is 0. The lowest BCUT2D eigenvalue weighted by molar-refractivity contribution is 0.315. The molecule has 0 fully saturated rings. The van der Waals surface area contributed by atoms with Gasteiger partial charge in [-0.15, -0.1) is 11.8 Å². The van der Waals surface area contributed by atoms with Gasteiger partial charge in [-0.05, 0) is 42.3 Å². The Morgan fingerprint density at radius 3 is 2.76 bits per heavy atom. The van der Waals surface area contributed by atoms with Crippen LogP contribution in [0.3, 0.4) is 0 Å². The second-order valence-corrected chi connectivity index (χ2v) is 6.68. The van der Waals surface area contributed by atoms with E-state index in [-0.39, 0.29) is 6.04 Å². The maximum atomic E-state index is 6.24. The van der Waals surface area contributed by atoms with Crippen LogP contribution < -0.4 is 10.5 Å². The van der Waals surface area contributed by atoms with Gasteiger partial charge >= 0.3 is 0 Å². The molecular weight excluding hydrogens is 348 g/mol. The normalized spacial score (nSPS) is 12.1. The number of aromatic nitrogens is 1. The topological polar surface area (TPSA) is 48.1 Å². The molecule has 1 aromatic carbocycles. The maximum Gasteiger partial charge on any atom is 0.137 e. The minimum absolute atomic E-state index is 0.0590. The van der Waals surface area contributed by atoms with Gasteiger partial charge in [-0.1, -0.05) is 22.9 Å². The van der Waals surface area contributed by atoms with E-state index in [2.05, 4.69) is 40.0 Å². The molecular formula is C16H19BrN2OS. The van der Waals surface area contributed by atoms with Gasteiger partial charge in [0.05, 0.1) is 12.8 Å². The number of benzene rings is 1. The first-order valence-electron chi connectivity index (χ1n) is 6.90. The molecule has 3 nitrogen and oxygen atoms in total. The van der Waals surface area contributed by atoms with Crippen LogP contribution in [0.5, 0.6) is 5.75 Å². The molecule has 0 spiro atoms. The van der Waals surface area contributed by atoms with Gasteiger partial charge in [-0.2, -0.15) is 0 Å². The molecule has 0 saturated heterocycles. The van der Waals surface area contributed by atoms with Gasteiger partial charge in [-0.25, -0.2) is 0 Å². The molecule has 0 saturated carbocycles. The van der Waals surface area contributed by atoms with Gasteiger partial charge in [0, 0.05) is 27.4 Å². The third-order valence-corrected chi connectivity index (χ3v) is 4.54. The average molecular weight is 367 g/mol. The minimum atomic E-state index is -0.0590. The summed E-state index contributed by atoms with van der Waals surface area (Å²) in [6, 6.07) is 10.2. The Bertz CT molecular complexity index is 562. The van der Waals surface area contributed by atoms with Crippen LogP contribution in [0.15, 0.2) is 52.1 Å². The van der Waals surface area contributed by atoms with E-state index in [4.69, 9.17) is 10.5 Å². The van der Waals surface area contributed by atoms with Gasteiger partial charge in [0.25, 0.3) is 0 Å². The van der Waals surface area contributed by atoms with Crippen molar-refractivity contribution in [2.45, 2.75) is 24.3 Å². The molecule has 0 amide bonds. The molecule has 0 bridgehead atoms. The third-order valence-electron chi connectivity index (χ3n) is 2.88. The summed E-state index contributed by atoms with van der Waals surface area (Å²) in [4.78, 5) is 5.41. The largest absolute Gasteiger partial charge is 0.492 e. The van der Waals surface area contributed by atoms with Crippen molar-refractivity contribution in [2.75, 3.05) is 12.4 Å². The van der Waals surface area contributed by atoms with E-state index in [0.717, 1.165) is 28.0 Å². The summed E-state index contributed by atoms with van der Waals surface area (Å²) in [5.74, 6) is 1.60. The zero-order chi connectivity index (χ0) is 15.1. The second-order valence-electron chi connectivity index (χ2n) is 4.67. The smallest absolute Gasteiger partial charge is 0.137 e. The zero-order valence-corrected chi connectivity index (χ0v) is 14.4. The first-order valence-corrected chi connectivity index (χ1v) is 8.68. The van der Waals surface area contributed by atoms with Crippen LogP contribution >= 0.6 is 27.7 Å². The lowest BCUT2D eigenvalue weighted by atomic mass is 10.1. The lowest BCUT2D eigenvalue weighted by Crippen LogP contribution is -2.13. The molecule has 1 aromatic heterocycles. The molecule has 0 aliphatic heterocycles. The van der Waals surface area contributed by atoms with Crippen molar-refractivity contribution < 1.29 is 4.74 Å². The van der Waals surface area contributed by atoms with Crippen molar-refractivity contribution >= 4 is 27.7 Å². The van der Waals surface area contributed by atoms with Crippen molar-refractivity contribution in [1.82, 2.24) is 4.98 Å². The standard InChI is InChI=1S/C16H19BrN2OS/c1-2-7-20-14-8-12(9-19-10-14)16(18)11-21-15-5-3-13(17)4-6-15/h3-6,8-10,16H,2,7,11,18H2,1H3. The van der Waals surface area contributed by atoms with Crippen LogP contribution in [0, 0.1) is 0 Å². The number of halogens is 1. The highest BCUT2D eigenvalue weighted by atomic mass is 79.9. The molecule has 112 valence electrons. The monoisotopic (exact) mass is 366 g/mol. The number of ether oxygens (including phenoxy) is 1. The fourth-order valence-corrected chi connectivity index (χ4v) is 2.91. The summed E-state index contributed by atoms with van der Waals surface area (Å²) in [6.07, 6.45) is 4.52. The van der Waals surface area contributed by atoms with Crippen LogP contribution in [0.25, 0.3) is 0 Å². The molecule has 1 atom stereocenters. The van der Waals surface area contributed by atoms with E-state index in [1.54, 1.807) is 18.0 Å². The Morgan fingerprint density at radius 1 is 1.29 bits per heavy atom. The SMILES string of the molecule is CCCOc1cncc(C(N)CSc2ccc(Br)cc2)c1. The highest BCUT2D eigenvalue weighted by molar-refractivity contribution is 9.10. The average Bonchev–Trinajstić information content (AvgIpc) is 2.52. The highest BCUT2D eigenvalue weighted by Gasteiger charge is 2.08. The predicted octanol–water partition coefficient (Wildman–Crippen LogP) is 4.43. The zero-order valence-electron chi connectivity index (χ0n) is 12.0. The fourth-order valence-electron chi connectivity index (χ4n) is 1.75. The molecule has 2 aromatic rings.